The van der Waals surface area contributed by atoms with Crippen LogP contribution in [0.15, 0.2) is 23.1 Å². The largest absolute Gasteiger partial charge is 0.384 e. The second-order valence-corrected chi connectivity index (χ2v) is 7.89. The fraction of sp³-hybridized carbons (Fsp3) is 0.625. The Labute approximate surface area is 127 Å². The molecule has 0 spiro atoms. The molecule has 3 rings (SSSR count). The van der Waals surface area contributed by atoms with Crippen LogP contribution in [0.25, 0.3) is 0 Å². The highest BCUT2D eigenvalue weighted by molar-refractivity contribution is 7.89. The molecule has 0 aromatic heterocycles. The van der Waals surface area contributed by atoms with Gasteiger partial charge in [-0.1, -0.05) is 32.3 Å². The average molecular weight is 308 g/mol. The smallest absolute Gasteiger partial charge is 0.243 e. The first kappa shape index (κ1) is 14.9. The summed E-state index contributed by atoms with van der Waals surface area (Å²) in [6.07, 6.45) is 6.49. The van der Waals surface area contributed by atoms with Crippen LogP contribution in [0, 0.1) is 0 Å². The van der Waals surface area contributed by atoms with Crippen LogP contribution in [0.4, 0.5) is 5.69 Å². The van der Waals surface area contributed by atoms with Crippen LogP contribution in [0.2, 0.25) is 0 Å². The molecule has 21 heavy (non-hydrogen) atoms. The second-order valence-electron chi connectivity index (χ2n) is 6.00. The first-order valence-electron chi connectivity index (χ1n) is 8.01. The zero-order valence-electron chi connectivity index (χ0n) is 12.6. The molecule has 4 nitrogen and oxygen atoms in total. The number of hydrogen-bond donors (Lipinski definition) is 1. The number of nitrogens with zero attached hydrogens (tertiary/aromatic N) is 1. The number of anilines is 1. The van der Waals surface area contributed by atoms with Crippen LogP contribution in [-0.4, -0.2) is 31.9 Å². The summed E-state index contributed by atoms with van der Waals surface area (Å²) in [5, 5.41) is 3.27. The second kappa shape index (κ2) is 5.97. The van der Waals surface area contributed by atoms with E-state index in [1.54, 1.807) is 10.4 Å². The number of hydrogen-bond acceptors (Lipinski definition) is 3. The van der Waals surface area contributed by atoms with Gasteiger partial charge in [0.05, 0.1) is 4.90 Å². The highest BCUT2D eigenvalue weighted by Crippen LogP contribution is 2.30. The van der Waals surface area contributed by atoms with E-state index in [0.29, 0.717) is 11.4 Å². The van der Waals surface area contributed by atoms with Gasteiger partial charge >= 0.3 is 0 Å². The monoisotopic (exact) mass is 308 g/mol. The third-order valence-electron chi connectivity index (χ3n) is 4.69. The van der Waals surface area contributed by atoms with Crippen molar-refractivity contribution < 1.29 is 8.42 Å². The van der Waals surface area contributed by atoms with Gasteiger partial charge in [0, 0.05) is 24.8 Å². The Bertz CT molecular complexity index is 607. The molecule has 5 heteroatoms. The number of rotatable bonds is 4. The fourth-order valence-electron chi connectivity index (χ4n) is 3.56. The Morgan fingerprint density at radius 2 is 2.00 bits per heavy atom. The summed E-state index contributed by atoms with van der Waals surface area (Å²) < 4.78 is 27.6. The van der Waals surface area contributed by atoms with Crippen molar-refractivity contribution in [2.75, 3.05) is 18.4 Å². The molecule has 0 bridgehead atoms. The molecule has 1 aliphatic heterocycles. The Hall–Kier alpha value is -1.07. The Morgan fingerprint density at radius 3 is 2.71 bits per heavy atom. The van der Waals surface area contributed by atoms with Gasteiger partial charge in [-0.3, -0.25) is 0 Å². The molecule has 0 saturated heterocycles. The van der Waals surface area contributed by atoms with Gasteiger partial charge in [0.15, 0.2) is 0 Å². The zero-order valence-corrected chi connectivity index (χ0v) is 13.5. The highest BCUT2D eigenvalue weighted by Gasteiger charge is 2.31. The van der Waals surface area contributed by atoms with E-state index in [1.807, 2.05) is 19.1 Å². The maximum Gasteiger partial charge on any atom is 0.243 e. The van der Waals surface area contributed by atoms with Crippen LogP contribution in [0.3, 0.4) is 0 Å². The van der Waals surface area contributed by atoms with E-state index < -0.39 is 10.0 Å². The summed E-state index contributed by atoms with van der Waals surface area (Å²) in [5.41, 5.74) is 2.20. The summed E-state index contributed by atoms with van der Waals surface area (Å²) >= 11 is 0. The quantitative estimate of drug-likeness (QED) is 0.930. The summed E-state index contributed by atoms with van der Waals surface area (Å²) in [4.78, 5) is 0.433. The number of fused-ring (bicyclic) bond motifs is 1. The fourth-order valence-corrected chi connectivity index (χ4v) is 5.28. The predicted octanol–water partition coefficient (Wildman–Crippen LogP) is 3.00. The van der Waals surface area contributed by atoms with E-state index in [4.69, 9.17) is 0 Å². The Balaban J connectivity index is 1.90. The van der Waals surface area contributed by atoms with E-state index in [2.05, 4.69) is 5.32 Å². The lowest BCUT2D eigenvalue weighted by molar-refractivity contribution is 0.261. The van der Waals surface area contributed by atoms with Gasteiger partial charge < -0.3 is 5.32 Å². The minimum Gasteiger partial charge on any atom is -0.384 e. The molecule has 1 fully saturated rings. The van der Waals surface area contributed by atoms with Gasteiger partial charge in [-0.05, 0) is 37.0 Å². The van der Waals surface area contributed by atoms with Gasteiger partial charge in [0.2, 0.25) is 10.0 Å². The third kappa shape index (κ3) is 2.81. The van der Waals surface area contributed by atoms with Crippen LogP contribution in [0.5, 0.6) is 0 Å². The topological polar surface area (TPSA) is 49.4 Å². The third-order valence-corrected chi connectivity index (χ3v) is 6.71. The Kier molecular flexibility index (Phi) is 4.22. The molecular formula is C16H24N2O2S. The van der Waals surface area contributed by atoms with Crippen molar-refractivity contribution in [1.29, 1.82) is 0 Å². The molecule has 0 unspecified atom stereocenters. The molecule has 2 aliphatic rings. The molecule has 0 atom stereocenters. The average Bonchev–Trinajstić information content (AvgIpc) is 2.96. The molecule has 1 aliphatic carbocycles. The van der Waals surface area contributed by atoms with Crippen molar-refractivity contribution >= 4 is 15.7 Å². The number of benzene rings is 1. The molecule has 0 radical (unpaired) electrons. The van der Waals surface area contributed by atoms with Gasteiger partial charge in [0.1, 0.15) is 0 Å². The normalized spacial score (nSPS) is 19.5. The summed E-state index contributed by atoms with van der Waals surface area (Å²) in [5.74, 6) is 0. The predicted molar refractivity (Wildman–Crippen MR) is 85.1 cm³/mol. The van der Waals surface area contributed by atoms with E-state index in [0.717, 1.165) is 44.3 Å². The van der Waals surface area contributed by atoms with Gasteiger partial charge in [-0.2, -0.15) is 4.31 Å². The van der Waals surface area contributed by atoms with Gasteiger partial charge in [-0.15, -0.1) is 0 Å². The molecule has 116 valence electrons. The maximum absolute atomic E-state index is 13.0. The SMILES string of the molecule is CCN(C1CCCCC1)S(=O)(=O)c1ccc2c(c1)NCC2. The van der Waals surface area contributed by atoms with Crippen molar-refractivity contribution in [1.82, 2.24) is 4.31 Å². The highest BCUT2D eigenvalue weighted by atomic mass is 32.2. The summed E-state index contributed by atoms with van der Waals surface area (Å²) in [7, 11) is -3.38. The minimum absolute atomic E-state index is 0.176. The van der Waals surface area contributed by atoms with E-state index in [-0.39, 0.29) is 6.04 Å². The summed E-state index contributed by atoms with van der Waals surface area (Å²) in [6, 6.07) is 5.71. The summed E-state index contributed by atoms with van der Waals surface area (Å²) in [6.45, 7) is 3.40. The molecular weight excluding hydrogens is 284 g/mol. The molecule has 1 aromatic carbocycles. The van der Waals surface area contributed by atoms with Crippen LogP contribution in [-0.2, 0) is 16.4 Å². The first-order valence-corrected chi connectivity index (χ1v) is 9.45. The van der Waals surface area contributed by atoms with Crippen molar-refractivity contribution in [3.8, 4) is 0 Å². The zero-order chi connectivity index (χ0) is 14.9. The first-order chi connectivity index (χ1) is 10.1. The standard InChI is InChI=1S/C16H24N2O2S/c1-2-18(14-6-4-3-5-7-14)21(19,20)15-9-8-13-10-11-17-16(13)12-15/h8-9,12,14,17H,2-7,10-11H2,1H3. The van der Waals surface area contributed by atoms with Crippen molar-refractivity contribution in [2.24, 2.45) is 0 Å². The van der Waals surface area contributed by atoms with E-state index in [1.165, 1.54) is 12.0 Å². The van der Waals surface area contributed by atoms with Crippen molar-refractivity contribution in [3.05, 3.63) is 23.8 Å². The van der Waals surface area contributed by atoms with Gasteiger partial charge in [0.25, 0.3) is 0 Å². The number of sulfonamides is 1. The lowest BCUT2D eigenvalue weighted by Gasteiger charge is -2.32. The maximum atomic E-state index is 13.0. The van der Waals surface area contributed by atoms with Crippen LogP contribution in [0.1, 0.15) is 44.6 Å². The van der Waals surface area contributed by atoms with E-state index in [9.17, 15) is 8.42 Å². The van der Waals surface area contributed by atoms with Crippen molar-refractivity contribution in [2.45, 2.75) is 56.4 Å². The molecule has 1 aromatic rings. The van der Waals surface area contributed by atoms with Gasteiger partial charge in [-0.25, -0.2) is 8.42 Å². The Morgan fingerprint density at radius 1 is 1.24 bits per heavy atom. The van der Waals surface area contributed by atoms with E-state index >= 15 is 0 Å². The van der Waals surface area contributed by atoms with Crippen LogP contribution < -0.4 is 5.32 Å². The lowest BCUT2D eigenvalue weighted by Crippen LogP contribution is -2.41. The molecule has 1 saturated carbocycles. The molecule has 1 N–H and O–H groups in total. The molecule has 0 amide bonds. The number of nitrogens with one attached hydrogen (secondary N) is 1. The van der Waals surface area contributed by atoms with Crippen molar-refractivity contribution in [3.63, 3.8) is 0 Å². The minimum atomic E-state index is -3.38. The molecule has 1 heterocycles. The van der Waals surface area contributed by atoms with Crippen LogP contribution >= 0.6 is 0 Å². The lowest BCUT2D eigenvalue weighted by atomic mass is 9.95.